The molecule has 19 heavy (non-hydrogen) atoms. The Morgan fingerprint density at radius 3 is 2.42 bits per heavy atom. The van der Waals surface area contributed by atoms with Gasteiger partial charge in [0.25, 0.3) is 5.91 Å². The van der Waals surface area contributed by atoms with Crippen LogP contribution in [0.15, 0.2) is 24.3 Å². The van der Waals surface area contributed by atoms with Crippen LogP contribution in [-0.4, -0.2) is 11.9 Å². The van der Waals surface area contributed by atoms with Gasteiger partial charge in [-0.05, 0) is 49.8 Å². The zero-order valence-electron chi connectivity index (χ0n) is 11.4. The molecule has 1 aromatic carbocycles. The lowest BCUT2D eigenvalue weighted by Gasteiger charge is -2.25. The Morgan fingerprint density at radius 2 is 1.89 bits per heavy atom. The highest BCUT2D eigenvalue weighted by atomic mass is 16.1. The normalized spacial score (nSPS) is 22.5. The maximum Gasteiger partial charge on any atom is 0.251 e. The molecular weight excluding hydrogens is 236 g/mol. The molecule has 3 nitrogen and oxygen atoms in total. The van der Waals surface area contributed by atoms with Crippen molar-refractivity contribution in [3.8, 4) is 6.07 Å². The van der Waals surface area contributed by atoms with Gasteiger partial charge >= 0.3 is 0 Å². The number of benzene rings is 1. The first-order chi connectivity index (χ1) is 9.22. The minimum Gasteiger partial charge on any atom is -0.349 e. The second-order valence-electron chi connectivity index (χ2n) is 5.20. The highest BCUT2D eigenvalue weighted by Crippen LogP contribution is 2.23. The van der Waals surface area contributed by atoms with Crippen molar-refractivity contribution >= 4 is 5.91 Å². The van der Waals surface area contributed by atoms with Crippen LogP contribution in [-0.2, 0) is 6.42 Å². The van der Waals surface area contributed by atoms with E-state index in [4.69, 9.17) is 5.26 Å². The summed E-state index contributed by atoms with van der Waals surface area (Å²) in [6.07, 6.45) is 4.61. The Morgan fingerprint density at radius 1 is 1.26 bits per heavy atom. The quantitative estimate of drug-likeness (QED) is 0.903. The van der Waals surface area contributed by atoms with Gasteiger partial charge in [0.2, 0.25) is 0 Å². The lowest BCUT2D eigenvalue weighted by molar-refractivity contribution is 0.0925. The third-order valence-corrected chi connectivity index (χ3v) is 3.87. The summed E-state index contributed by atoms with van der Waals surface area (Å²) in [4.78, 5) is 12.1. The molecule has 1 aromatic rings. The van der Waals surface area contributed by atoms with Crippen LogP contribution < -0.4 is 5.32 Å². The van der Waals surface area contributed by atoms with Crippen LogP contribution in [0.25, 0.3) is 0 Å². The molecule has 0 aliphatic heterocycles. The second kappa shape index (κ2) is 6.38. The number of rotatable bonds is 3. The van der Waals surface area contributed by atoms with E-state index < -0.39 is 0 Å². The zero-order valence-corrected chi connectivity index (χ0v) is 11.4. The van der Waals surface area contributed by atoms with Crippen LogP contribution in [0.3, 0.4) is 0 Å². The third-order valence-electron chi connectivity index (χ3n) is 3.87. The lowest BCUT2D eigenvalue weighted by Crippen LogP contribution is -2.37. The first-order valence-electron chi connectivity index (χ1n) is 7.02. The molecule has 100 valence electrons. The van der Waals surface area contributed by atoms with Gasteiger partial charge in [-0.1, -0.05) is 19.1 Å². The average molecular weight is 256 g/mol. The SMILES string of the molecule is CCc1ccc(C(=O)NC2CCC(C#N)CC2)cc1. The summed E-state index contributed by atoms with van der Waals surface area (Å²) in [5.74, 6) is 0.181. The second-order valence-corrected chi connectivity index (χ2v) is 5.20. The number of aryl methyl sites for hydroxylation is 1. The average Bonchev–Trinajstić information content (AvgIpc) is 2.48. The summed E-state index contributed by atoms with van der Waals surface area (Å²) < 4.78 is 0. The molecule has 0 aromatic heterocycles. The van der Waals surface area contributed by atoms with Crippen LogP contribution in [0.1, 0.15) is 48.5 Å². The van der Waals surface area contributed by atoms with Crippen molar-refractivity contribution in [2.75, 3.05) is 0 Å². The fraction of sp³-hybridized carbons (Fsp3) is 0.500. The first kappa shape index (κ1) is 13.6. The molecule has 1 N–H and O–H groups in total. The maximum absolute atomic E-state index is 12.1. The molecule has 0 radical (unpaired) electrons. The van der Waals surface area contributed by atoms with E-state index in [-0.39, 0.29) is 17.9 Å². The van der Waals surface area contributed by atoms with E-state index in [1.807, 2.05) is 24.3 Å². The van der Waals surface area contributed by atoms with Gasteiger partial charge in [0.15, 0.2) is 0 Å². The summed E-state index contributed by atoms with van der Waals surface area (Å²) in [5.41, 5.74) is 1.96. The van der Waals surface area contributed by atoms with E-state index in [0.29, 0.717) is 0 Å². The molecule has 1 amide bonds. The number of hydrogen-bond acceptors (Lipinski definition) is 2. The third kappa shape index (κ3) is 3.57. The largest absolute Gasteiger partial charge is 0.349 e. The number of nitrogens with one attached hydrogen (secondary N) is 1. The molecule has 1 fully saturated rings. The minimum atomic E-state index is 0.00283. The maximum atomic E-state index is 12.1. The van der Waals surface area contributed by atoms with E-state index >= 15 is 0 Å². The number of carbonyl (C=O) groups is 1. The molecule has 0 heterocycles. The smallest absolute Gasteiger partial charge is 0.251 e. The number of nitrogens with zero attached hydrogens (tertiary/aromatic N) is 1. The molecule has 1 aliphatic rings. The Labute approximate surface area is 114 Å². The Hall–Kier alpha value is -1.82. The van der Waals surface area contributed by atoms with Crippen LogP contribution in [0.5, 0.6) is 0 Å². The minimum absolute atomic E-state index is 0.00283. The van der Waals surface area contributed by atoms with Crippen molar-refractivity contribution < 1.29 is 4.79 Å². The van der Waals surface area contributed by atoms with Crippen molar-refractivity contribution in [1.82, 2.24) is 5.32 Å². The summed E-state index contributed by atoms with van der Waals surface area (Å²) in [5, 5.41) is 11.9. The van der Waals surface area contributed by atoms with E-state index in [1.165, 1.54) is 5.56 Å². The van der Waals surface area contributed by atoms with E-state index in [2.05, 4.69) is 18.3 Å². The van der Waals surface area contributed by atoms with Gasteiger partial charge in [0.05, 0.1) is 6.07 Å². The van der Waals surface area contributed by atoms with Gasteiger partial charge in [-0.15, -0.1) is 0 Å². The molecule has 0 spiro atoms. The Balaban J connectivity index is 1.89. The van der Waals surface area contributed by atoms with Crippen LogP contribution in [0.2, 0.25) is 0 Å². The molecule has 2 rings (SSSR count). The van der Waals surface area contributed by atoms with Gasteiger partial charge in [-0.2, -0.15) is 5.26 Å². The number of hydrogen-bond donors (Lipinski definition) is 1. The fourth-order valence-electron chi connectivity index (χ4n) is 2.53. The predicted octanol–water partition coefficient (Wildman–Crippen LogP) is 3.06. The zero-order chi connectivity index (χ0) is 13.7. The molecule has 0 bridgehead atoms. The molecular formula is C16H20N2O. The van der Waals surface area contributed by atoms with E-state index in [1.54, 1.807) is 0 Å². The van der Waals surface area contributed by atoms with Gasteiger partial charge in [-0.3, -0.25) is 4.79 Å². The van der Waals surface area contributed by atoms with Crippen molar-refractivity contribution in [2.24, 2.45) is 5.92 Å². The topological polar surface area (TPSA) is 52.9 Å². The highest BCUT2D eigenvalue weighted by Gasteiger charge is 2.22. The standard InChI is InChI=1S/C16H20N2O/c1-2-12-3-7-14(8-4-12)16(19)18-15-9-5-13(11-17)6-10-15/h3-4,7-8,13,15H,2,5-6,9-10H2,1H3,(H,18,19). The van der Waals surface area contributed by atoms with Crippen molar-refractivity contribution in [3.63, 3.8) is 0 Å². The van der Waals surface area contributed by atoms with E-state index in [9.17, 15) is 4.79 Å². The molecule has 0 unspecified atom stereocenters. The summed E-state index contributed by atoms with van der Waals surface area (Å²) in [6.45, 7) is 2.10. The Kier molecular flexibility index (Phi) is 4.57. The van der Waals surface area contributed by atoms with Gasteiger partial charge in [0.1, 0.15) is 0 Å². The van der Waals surface area contributed by atoms with Gasteiger partial charge in [0, 0.05) is 17.5 Å². The van der Waals surface area contributed by atoms with Crippen LogP contribution in [0, 0.1) is 17.2 Å². The van der Waals surface area contributed by atoms with Gasteiger partial charge < -0.3 is 5.32 Å². The summed E-state index contributed by atoms with van der Waals surface area (Å²) in [6, 6.07) is 10.3. The molecule has 1 saturated carbocycles. The van der Waals surface area contributed by atoms with Crippen molar-refractivity contribution in [2.45, 2.75) is 45.1 Å². The predicted molar refractivity (Wildman–Crippen MR) is 74.6 cm³/mol. The number of nitriles is 1. The van der Waals surface area contributed by atoms with Gasteiger partial charge in [-0.25, -0.2) is 0 Å². The summed E-state index contributed by atoms with van der Waals surface area (Å²) in [7, 11) is 0. The first-order valence-corrected chi connectivity index (χ1v) is 7.02. The molecule has 1 aliphatic carbocycles. The monoisotopic (exact) mass is 256 g/mol. The van der Waals surface area contributed by atoms with Crippen molar-refractivity contribution in [3.05, 3.63) is 35.4 Å². The van der Waals surface area contributed by atoms with Crippen LogP contribution in [0.4, 0.5) is 0 Å². The fourth-order valence-corrected chi connectivity index (χ4v) is 2.53. The molecule has 0 saturated heterocycles. The van der Waals surface area contributed by atoms with Crippen molar-refractivity contribution in [1.29, 1.82) is 5.26 Å². The number of amides is 1. The molecule has 3 heteroatoms. The Bertz CT molecular complexity index is 465. The molecule has 0 atom stereocenters. The van der Waals surface area contributed by atoms with E-state index in [0.717, 1.165) is 37.7 Å². The number of carbonyl (C=O) groups excluding carboxylic acids is 1. The lowest BCUT2D eigenvalue weighted by atomic mass is 9.87. The highest BCUT2D eigenvalue weighted by molar-refractivity contribution is 5.94. The van der Waals surface area contributed by atoms with Crippen LogP contribution >= 0.6 is 0 Å². The summed E-state index contributed by atoms with van der Waals surface area (Å²) >= 11 is 0.